The van der Waals surface area contributed by atoms with Gasteiger partial charge in [-0.25, -0.2) is 0 Å². The summed E-state index contributed by atoms with van der Waals surface area (Å²) < 4.78 is 5.53. The minimum atomic E-state index is -0.0943. The van der Waals surface area contributed by atoms with Gasteiger partial charge < -0.3 is 15.8 Å². The van der Waals surface area contributed by atoms with Crippen molar-refractivity contribution in [3.63, 3.8) is 0 Å². The molecule has 0 bridgehead atoms. The molecule has 3 atom stereocenters. The number of nitrogens with zero attached hydrogens (tertiary/aromatic N) is 1. The summed E-state index contributed by atoms with van der Waals surface area (Å²) in [5, 5.41) is 3.02. The summed E-state index contributed by atoms with van der Waals surface area (Å²) in [6, 6.07) is 0.129. The van der Waals surface area contributed by atoms with Gasteiger partial charge in [-0.15, -0.1) is 12.4 Å². The molecule has 0 aliphatic carbocycles. The number of carbonyl (C=O) groups is 1. The highest BCUT2D eigenvalue weighted by Gasteiger charge is 2.36. The number of nitrogens with two attached hydrogens (primary N) is 1. The average molecular weight is 320 g/mol. The van der Waals surface area contributed by atoms with Crippen molar-refractivity contribution < 1.29 is 9.53 Å². The predicted molar refractivity (Wildman–Crippen MR) is 86.6 cm³/mol. The molecule has 6 heteroatoms. The number of hydrogen-bond donors (Lipinski definition) is 2. The van der Waals surface area contributed by atoms with E-state index < -0.39 is 0 Å². The van der Waals surface area contributed by atoms with Gasteiger partial charge in [-0.3, -0.25) is 9.69 Å². The normalized spacial score (nSPS) is 30.5. The topological polar surface area (TPSA) is 67.6 Å². The Labute approximate surface area is 134 Å². The first-order chi connectivity index (χ1) is 9.40. The van der Waals surface area contributed by atoms with Gasteiger partial charge in [-0.2, -0.15) is 0 Å². The summed E-state index contributed by atoms with van der Waals surface area (Å²) in [5.41, 5.74) is 6.22. The second kappa shape index (κ2) is 7.77. The number of piperidine rings is 1. The molecule has 0 radical (unpaired) electrons. The molecule has 0 aromatic carbocycles. The van der Waals surface area contributed by atoms with E-state index >= 15 is 0 Å². The SMILES string of the molecule is CC(C(=O)NCC1CCCO1)N1CCC(N)C(C)(C)C1.Cl. The van der Waals surface area contributed by atoms with Gasteiger partial charge in [0, 0.05) is 32.3 Å². The zero-order valence-electron chi connectivity index (χ0n) is 13.4. The van der Waals surface area contributed by atoms with Gasteiger partial charge in [0.1, 0.15) is 0 Å². The van der Waals surface area contributed by atoms with Crippen LogP contribution in [-0.2, 0) is 9.53 Å². The van der Waals surface area contributed by atoms with E-state index in [1.807, 2.05) is 6.92 Å². The Kier molecular flexibility index (Phi) is 6.91. The standard InChI is InChI=1S/C15H29N3O2.ClH/c1-11(14(19)17-9-12-5-4-8-20-12)18-7-6-13(16)15(2,3)10-18;/h11-13H,4-10,16H2,1-3H3,(H,17,19);1H. The smallest absolute Gasteiger partial charge is 0.237 e. The maximum atomic E-state index is 12.3. The number of nitrogens with one attached hydrogen (secondary N) is 1. The summed E-state index contributed by atoms with van der Waals surface area (Å²) in [4.78, 5) is 14.5. The lowest BCUT2D eigenvalue weighted by Crippen LogP contribution is -2.57. The predicted octanol–water partition coefficient (Wildman–Crippen LogP) is 1.15. The number of amides is 1. The van der Waals surface area contributed by atoms with Gasteiger partial charge in [0.25, 0.3) is 0 Å². The molecule has 2 rings (SSSR count). The van der Waals surface area contributed by atoms with E-state index in [4.69, 9.17) is 10.5 Å². The molecule has 1 amide bonds. The summed E-state index contributed by atoms with van der Waals surface area (Å²) in [7, 11) is 0. The van der Waals surface area contributed by atoms with E-state index in [9.17, 15) is 4.79 Å². The lowest BCUT2D eigenvalue weighted by Gasteiger charge is -2.44. The fraction of sp³-hybridized carbons (Fsp3) is 0.933. The first-order valence-corrected chi connectivity index (χ1v) is 7.79. The zero-order chi connectivity index (χ0) is 14.8. The van der Waals surface area contributed by atoms with E-state index in [0.717, 1.165) is 39.0 Å². The van der Waals surface area contributed by atoms with E-state index in [1.165, 1.54) is 0 Å². The van der Waals surface area contributed by atoms with Crippen LogP contribution in [0.5, 0.6) is 0 Å². The highest BCUT2D eigenvalue weighted by atomic mass is 35.5. The van der Waals surface area contributed by atoms with Crippen molar-refractivity contribution in [3.05, 3.63) is 0 Å². The Morgan fingerprint density at radius 3 is 2.76 bits per heavy atom. The van der Waals surface area contributed by atoms with E-state index in [-0.39, 0.29) is 41.9 Å². The molecular weight excluding hydrogens is 290 g/mol. The van der Waals surface area contributed by atoms with Crippen molar-refractivity contribution >= 4 is 18.3 Å². The van der Waals surface area contributed by atoms with Gasteiger partial charge in [0.15, 0.2) is 0 Å². The van der Waals surface area contributed by atoms with Crippen molar-refractivity contribution in [2.45, 2.75) is 58.2 Å². The Balaban J connectivity index is 0.00000220. The average Bonchev–Trinajstić information content (AvgIpc) is 2.91. The molecule has 5 nitrogen and oxygen atoms in total. The van der Waals surface area contributed by atoms with E-state index in [0.29, 0.717) is 6.54 Å². The molecule has 0 aromatic rings. The number of likely N-dealkylation sites (tertiary alicyclic amines) is 1. The summed E-state index contributed by atoms with van der Waals surface area (Å²) >= 11 is 0. The minimum absolute atomic E-state index is 0. The Bertz CT molecular complexity index is 346. The lowest BCUT2D eigenvalue weighted by molar-refractivity contribution is -0.127. The van der Waals surface area contributed by atoms with Crippen LogP contribution in [0, 0.1) is 5.41 Å². The molecule has 2 fully saturated rings. The fourth-order valence-corrected chi connectivity index (χ4v) is 3.08. The van der Waals surface area contributed by atoms with Crippen LogP contribution in [0.3, 0.4) is 0 Å². The third-order valence-corrected chi connectivity index (χ3v) is 4.80. The third kappa shape index (κ3) is 4.81. The molecular formula is C15H30ClN3O2. The van der Waals surface area contributed by atoms with Crippen molar-refractivity contribution in [3.8, 4) is 0 Å². The highest BCUT2D eigenvalue weighted by Crippen LogP contribution is 2.28. The molecule has 2 heterocycles. The van der Waals surface area contributed by atoms with Crippen LogP contribution in [0.2, 0.25) is 0 Å². The van der Waals surface area contributed by atoms with Crippen LogP contribution >= 0.6 is 12.4 Å². The minimum Gasteiger partial charge on any atom is -0.376 e. The number of halogens is 1. The molecule has 0 spiro atoms. The molecule has 2 aliphatic heterocycles. The molecule has 3 unspecified atom stereocenters. The Morgan fingerprint density at radius 1 is 1.48 bits per heavy atom. The van der Waals surface area contributed by atoms with Crippen LogP contribution in [0.4, 0.5) is 0 Å². The van der Waals surface area contributed by atoms with E-state index in [1.54, 1.807) is 0 Å². The largest absolute Gasteiger partial charge is 0.376 e. The van der Waals surface area contributed by atoms with Gasteiger partial charge >= 0.3 is 0 Å². The molecule has 124 valence electrons. The molecule has 2 aliphatic rings. The first-order valence-electron chi connectivity index (χ1n) is 7.79. The number of carbonyl (C=O) groups excluding carboxylic acids is 1. The molecule has 21 heavy (non-hydrogen) atoms. The quantitative estimate of drug-likeness (QED) is 0.816. The van der Waals surface area contributed by atoms with Crippen LogP contribution < -0.4 is 11.1 Å². The monoisotopic (exact) mass is 319 g/mol. The van der Waals surface area contributed by atoms with Gasteiger partial charge in [-0.05, 0) is 31.6 Å². The van der Waals surface area contributed by atoms with Crippen LogP contribution in [-0.4, -0.2) is 55.2 Å². The molecule has 0 saturated carbocycles. The van der Waals surface area contributed by atoms with Crippen LogP contribution in [0.15, 0.2) is 0 Å². The number of rotatable bonds is 4. The fourth-order valence-electron chi connectivity index (χ4n) is 3.08. The molecule has 2 saturated heterocycles. The van der Waals surface area contributed by atoms with Crippen molar-refractivity contribution in [2.24, 2.45) is 11.1 Å². The summed E-state index contributed by atoms with van der Waals surface area (Å²) in [6.45, 7) is 9.59. The Morgan fingerprint density at radius 2 is 2.19 bits per heavy atom. The summed E-state index contributed by atoms with van der Waals surface area (Å²) in [5.74, 6) is 0.103. The Hall–Kier alpha value is -0.360. The second-order valence-corrected chi connectivity index (χ2v) is 6.91. The lowest BCUT2D eigenvalue weighted by atomic mass is 9.79. The second-order valence-electron chi connectivity index (χ2n) is 6.91. The highest BCUT2D eigenvalue weighted by molar-refractivity contribution is 5.85. The van der Waals surface area contributed by atoms with E-state index in [2.05, 4.69) is 24.1 Å². The van der Waals surface area contributed by atoms with Crippen molar-refractivity contribution in [1.82, 2.24) is 10.2 Å². The van der Waals surface area contributed by atoms with Gasteiger partial charge in [-0.1, -0.05) is 13.8 Å². The maximum Gasteiger partial charge on any atom is 0.237 e. The zero-order valence-corrected chi connectivity index (χ0v) is 14.2. The number of ether oxygens (including phenoxy) is 1. The third-order valence-electron chi connectivity index (χ3n) is 4.80. The molecule has 0 aromatic heterocycles. The maximum absolute atomic E-state index is 12.3. The summed E-state index contributed by atoms with van der Waals surface area (Å²) in [6.07, 6.45) is 3.32. The number of hydrogen-bond acceptors (Lipinski definition) is 4. The van der Waals surface area contributed by atoms with Gasteiger partial charge in [0.2, 0.25) is 5.91 Å². The molecule has 3 N–H and O–H groups in total. The van der Waals surface area contributed by atoms with Crippen molar-refractivity contribution in [1.29, 1.82) is 0 Å². The van der Waals surface area contributed by atoms with Crippen LogP contribution in [0.1, 0.15) is 40.0 Å². The van der Waals surface area contributed by atoms with Gasteiger partial charge in [0.05, 0.1) is 12.1 Å². The first kappa shape index (κ1) is 18.7. The van der Waals surface area contributed by atoms with Crippen LogP contribution in [0.25, 0.3) is 0 Å². The van der Waals surface area contributed by atoms with Crippen molar-refractivity contribution in [2.75, 3.05) is 26.2 Å².